The highest BCUT2D eigenvalue weighted by Gasteiger charge is 2.28. The molecule has 14 heavy (non-hydrogen) atoms. The summed E-state index contributed by atoms with van der Waals surface area (Å²) < 4.78 is 39.7. The number of aryl methyl sites for hydroxylation is 1. The molecule has 3 nitrogen and oxygen atoms in total. The molecule has 3 N–H and O–H groups in total. The van der Waals surface area contributed by atoms with Crippen LogP contribution in [-0.2, 0) is 0 Å². The summed E-state index contributed by atoms with van der Waals surface area (Å²) in [6.07, 6.45) is -1.54. The molecule has 0 unspecified atom stereocenters. The van der Waals surface area contributed by atoms with Gasteiger partial charge >= 0.3 is 6.18 Å². The van der Waals surface area contributed by atoms with Crippen molar-refractivity contribution in [1.29, 1.82) is 0 Å². The molecular formula is C8H11F3N2O. The van der Waals surface area contributed by atoms with Crippen molar-refractivity contribution in [3.63, 3.8) is 0 Å². The molecule has 0 aromatic carbocycles. The molecule has 0 amide bonds. The van der Waals surface area contributed by atoms with Crippen molar-refractivity contribution >= 4 is 0 Å². The topological polar surface area (TPSA) is 57.1 Å². The van der Waals surface area contributed by atoms with Crippen LogP contribution in [0.2, 0.25) is 0 Å². The average Bonchev–Trinajstić information content (AvgIpc) is 2.01. The Morgan fingerprint density at radius 1 is 1.43 bits per heavy atom. The van der Waals surface area contributed by atoms with Crippen molar-refractivity contribution < 1.29 is 17.9 Å². The first-order valence-electron chi connectivity index (χ1n) is 3.59. The summed E-state index contributed by atoms with van der Waals surface area (Å²) in [5.41, 5.74) is 0.638. The summed E-state index contributed by atoms with van der Waals surface area (Å²) >= 11 is 0. The van der Waals surface area contributed by atoms with E-state index in [9.17, 15) is 13.2 Å². The van der Waals surface area contributed by atoms with Gasteiger partial charge in [0.15, 0.2) is 6.61 Å². The Morgan fingerprint density at radius 2 is 2.07 bits per heavy atom. The summed E-state index contributed by atoms with van der Waals surface area (Å²) in [4.78, 5) is 3.65. The standard InChI is InChI=1S/C8H8F3NO.H3N/c1-6-2-3-12-4-7(6)13-5-8(9,10)11;/h2-4H,5H2,1H3;1H3. The van der Waals surface area contributed by atoms with E-state index in [2.05, 4.69) is 9.72 Å². The molecule has 0 saturated heterocycles. The monoisotopic (exact) mass is 208 g/mol. The van der Waals surface area contributed by atoms with Crippen molar-refractivity contribution in [3.05, 3.63) is 24.0 Å². The van der Waals surface area contributed by atoms with Crippen LogP contribution in [0.3, 0.4) is 0 Å². The molecule has 1 heterocycles. The van der Waals surface area contributed by atoms with E-state index in [0.717, 1.165) is 0 Å². The molecule has 0 aliphatic carbocycles. The molecule has 0 spiro atoms. The molecule has 0 atom stereocenters. The van der Waals surface area contributed by atoms with E-state index < -0.39 is 12.8 Å². The van der Waals surface area contributed by atoms with Crippen molar-refractivity contribution in [2.75, 3.05) is 6.61 Å². The third kappa shape index (κ3) is 4.08. The fourth-order valence-electron chi connectivity index (χ4n) is 0.760. The Bertz CT molecular complexity index is 288. The first-order valence-corrected chi connectivity index (χ1v) is 3.59. The van der Waals surface area contributed by atoms with Gasteiger partial charge < -0.3 is 10.9 Å². The van der Waals surface area contributed by atoms with Crippen LogP contribution >= 0.6 is 0 Å². The smallest absolute Gasteiger partial charge is 0.422 e. The molecule has 6 heteroatoms. The molecule has 0 saturated carbocycles. The Morgan fingerprint density at radius 3 is 2.57 bits per heavy atom. The molecule has 0 aliphatic heterocycles. The lowest BCUT2D eigenvalue weighted by molar-refractivity contribution is -0.153. The highest BCUT2D eigenvalue weighted by molar-refractivity contribution is 5.27. The van der Waals surface area contributed by atoms with Gasteiger partial charge in [-0.2, -0.15) is 13.2 Å². The van der Waals surface area contributed by atoms with Crippen molar-refractivity contribution in [1.82, 2.24) is 11.1 Å². The van der Waals surface area contributed by atoms with E-state index in [0.29, 0.717) is 5.56 Å². The minimum absolute atomic E-state index is 0. The fraction of sp³-hybridized carbons (Fsp3) is 0.375. The van der Waals surface area contributed by atoms with Gasteiger partial charge in [0.2, 0.25) is 0 Å². The van der Waals surface area contributed by atoms with Gasteiger partial charge in [-0.1, -0.05) is 0 Å². The zero-order valence-electron chi connectivity index (χ0n) is 7.64. The zero-order valence-corrected chi connectivity index (χ0v) is 7.64. The van der Waals surface area contributed by atoms with E-state index in [1.165, 1.54) is 12.4 Å². The predicted molar refractivity (Wildman–Crippen MR) is 45.5 cm³/mol. The number of alkyl halides is 3. The normalized spacial score (nSPS) is 10.6. The summed E-state index contributed by atoms with van der Waals surface area (Å²) in [6, 6.07) is 1.59. The molecule has 0 fully saturated rings. The highest BCUT2D eigenvalue weighted by atomic mass is 19.4. The molecule has 80 valence electrons. The molecule has 1 rings (SSSR count). The Balaban J connectivity index is 0.00000169. The third-order valence-electron chi connectivity index (χ3n) is 1.38. The Kier molecular flexibility index (Phi) is 4.36. The van der Waals surface area contributed by atoms with Gasteiger partial charge in [0.25, 0.3) is 0 Å². The van der Waals surface area contributed by atoms with Crippen LogP contribution in [0.1, 0.15) is 5.56 Å². The van der Waals surface area contributed by atoms with Gasteiger partial charge in [0.1, 0.15) is 5.75 Å². The quantitative estimate of drug-likeness (QED) is 0.812. The minimum atomic E-state index is -4.30. The van der Waals surface area contributed by atoms with Crippen LogP contribution in [0.25, 0.3) is 0 Å². The number of hydrogen-bond donors (Lipinski definition) is 1. The van der Waals surface area contributed by atoms with Crippen molar-refractivity contribution in [3.8, 4) is 5.75 Å². The molecule has 0 aliphatic rings. The van der Waals surface area contributed by atoms with E-state index in [1.54, 1.807) is 13.0 Å². The predicted octanol–water partition coefficient (Wildman–Crippen LogP) is 2.49. The van der Waals surface area contributed by atoms with Gasteiger partial charge in [-0.15, -0.1) is 0 Å². The highest BCUT2D eigenvalue weighted by Crippen LogP contribution is 2.20. The maximum atomic E-state index is 11.7. The summed E-state index contributed by atoms with van der Waals surface area (Å²) in [7, 11) is 0. The van der Waals surface area contributed by atoms with Gasteiger partial charge in [0.05, 0.1) is 6.20 Å². The molecular weight excluding hydrogens is 197 g/mol. The molecule has 1 aromatic rings. The summed E-state index contributed by atoms with van der Waals surface area (Å²) in [6.45, 7) is 0.382. The fourth-order valence-corrected chi connectivity index (χ4v) is 0.760. The number of rotatable bonds is 2. The number of halogens is 3. The molecule has 0 bridgehead atoms. The van der Waals surface area contributed by atoms with E-state index in [-0.39, 0.29) is 11.9 Å². The maximum Gasteiger partial charge on any atom is 0.422 e. The Labute approximate surface area is 79.5 Å². The largest absolute Gasteiger partial charge is 0.482 e. The van der Waals surface area contributed by atoms with Crippen molar-refractivity contribution in [2.45, 2.75) is 13.1 Å². The zero-order chi connectivity index (χ0) is 9.90. The first-order chi connectivity index (χ1) is 5.99. The average molecular weight is 208 g/mol. The number of aromatic nitrogens is 1. The van der Waals surface area contributed by atoms with Crippen LogP contribution in [0, 0.1) is 6.92 Å². The second-order valence-corrected chi connectivity index (χ2v) is 2.55. The lowest BCUT2D eigenvalue weighted by atomic mass is 10.3. The Hall–Kier alpha value is -1.30. The van der Waals surface area contributed by atoms with Crippen LogP contribution in [0.4, 0.5) is 13.2 Å². The number of ether oxygens (including phenoxy) is 1. The summed E-state index contributed by atoms with van der Waals surface area (Å²) in [5.74, 6) is 0.167. The van der Waals surface area contributed by atoms with Crippen LogP contribution in [0.5, 0.6) is 5.75 Å². The second kappa shape index (κ2) is 4.80. The minimum Gasteiger partial charge on any atom is -0.482 e. The van der Waals surface area contributed by atoms with E-state index >= 15 is 0 Å². The number of nitrogens with zero attached hydrogens (tertiary/aromatic N) is 1. The van der Waals surface area contributed by atoms with Gasteiger partial charge in [-0.05, 0) is 18.6 Å². The van der Waals surface area contributed by atoms with Crippen LogP contribution in [-0.4, -0.2) is 17.8 Å². The third-order valence-corrected chi connectivity index (χ3v) is 1.38. The number of hydrogen-bond acceptors (Lipinski definition) is 3. The van der Waals surface area contributed by atoms with E-state index in [4.69, 9.17) is 0 Å². The number of pyridine rings is 1. The van der Waals surface area contributed by atoms with Crippen molar-refractivity contribution in [2.24, 2.45) is 0 Å². The van der Waals surface area contributed by atoms with Gasteiger partial charge in [0, 0.05) is 6.20 Å². The molecule has 0 radical (unpaired) electrons. The van der Waals surface area contributed by atoms with Crippen LogP contribution < -0.4 is 10.9 Å². The van der Waals surface area contributed by atoms with Gasteiger partial charge in [-0.25, -0.2) is 0 Å². The molecule has 1 aromatic heterocycles. The summed E-state index contributed by atoms with van der Waals surface area (Å²) in [5, 5.41) is 0. The SMILES string of the molecule is Cc1ccncc1OCC(F)(F)F.N. The second-order valence-electron chi connectivity index (χ2n) is 2.55. The lowest BCUT2D eigenvalue weighted by Crippen LogP contribution is -2.19. The lowest BCUT2D eigenvalue weighted by Gasteiger charge is -2.09. The maximum absolute atomic E-state index is 11.7. The van der Waals surface area contributed by atoms with E-state index in [1.807, 2.05) is 0 Å². The first kappa shape index (κ1) is 12.7. The van der Waals surface area contributed by atoms with Gasteiger partial charge in [-0.3, -0.25) is 4.98 Å². The van der Waals surface area contributed by atoms with Crippen LogP contribution in [0.15, 0.2) is 18.5 Å².